The predicted octanol–water partition coefficient (Wildman–Crippen LogP) is 1.81. The number of hydrogen-bond acceptors (Lipinski definition) is 5. The van der Waals surface area contributed by atoms with Crippen LogP contribution in [0.3, 0.4) is 0 Å². The number of carbonyl (C=O) groups excluding carboxylic acids is 1. The molecule has 8 nitrogen and oxygen atoms in total. The molecule has 0 spiro atoms. The van der Waals surface area contributed by atoms with E-state index in [1.807, 2.05) is 0 Å². The zero-order valence-electron chi connectivity index (χ0n) is 14.6. The first-order valence-electron chi connectivity index (χ1n) is 8.41. The zero-order chi connectivity index (χ0) is 17.9. The van der Waals surface area contributed by atoms with Gasteiger partial charge in [-0.2, -0.15) is 5.10 Å². The smallest absolute Gasteiger partial charge is 0.312 e. The van der Waals surface area contributed by atoms with Crippen LogP contribution in [0.25, 0.3) is 0 Å². The van der Waals surface area contributed by atoms with Gasteiger partial charge in [-0.1, -0.05) is 12.8 Å². The number of aromatic nitrogens is 2. The lowest BCUT2D eigenvalue weighted by Crippen LogP contribution is -2.38. The molecule has 2 rings (SSSR count). The highest BCUT2D eigenvalue weighted by molar-refractivity contribution is 5.75. The predicted molar refractivity (Wildman–Crippen MR) is 88.6 cm³/mol. The summed E-state index contributed by atoms with van der Waals surface area (Å²) < 4.78 is 1.52. The Kier molecular flexibility index (Phi) is 5.93. The number of carbonyl (C=O) groups is 1. The van der Waals surface area contributed by atoms with Gasteiger partial charge < -0.3 is 10.0 Å². The Morgan fingerprint density at radius 3 is 2.67 bits per heavy atom. The summed E-state index contributed by atoms with van der Waals surface area (Å²) in [5.41, 5.74) is 0.848. The molecule has 1 amide bonds. The lowest BCUT2D eigenvalue weighted by molar-refractivity contribution is -0.386. The van der Waals surface area contributed by atoms with Gasteiger partial charge in [-0.15, -0.1) is 0 Å². The molecule has 134 valence electrons. The lowest BCUT2D eigenvalue weighted by Gasteiger charge is -2.31. The summed E-state index contributed by atoms with van der Waals surface area (Å²) in [6.45, 7) is 4.11. The van der Waals surface area contributed by atoms with Crippen LogP contribution >= 0.6 is 0 Å². The average molecular weight is 338 g/mol. The highest BCUT2D eigenvalue weighted by atomic mass is 16.6. The Bertz CT molecular complexity index is 613. The molecule has 1 saturated carbocycles. The van der Waals surface area contributed by atoms with E-state index in [1.54, 1.807) is 25.8 Å². The normalized spacial score (nSPS) is 20.8. The molecule has 0 bridgehead atoms. The van der Waals surface area contributed by atoms with Gasteiger partial charge in [-0.05, 0) is 26.7 Å². The minimum Gasteiger partial charge on any atom is -0.393 e. The number of aliphatic hydroxyl groups excluding tert-OH is 1. The van der Waals surface area contributed by atoms with Gasteiger partial charge in [0.15, 0.2) is 0 Å². The standard InChI is InChI=1S/C16H26N4O4/c1-11-16(20(23)24)12(2)19(17-11)9-8-15(22)18(3)10-13-6-4-5-7-14(13)21/h13-14,21H,4-10H2,1-3H3. The number of hydrogen-bond donors (Lipinski definition) is 1. The van der Waals surface area contributed by atoms with Crippen LogP contribution in [0.4, 0.5) is 5.69 Å². The third kappa shape index (κ3) is 4.11. The van der Waals surface area contributed by atoms with Crippen molar-refractivity contribution in [1.82, 2.24) is 14.7 Å². The van der Waals surface area contributed by atoms with Crippen molar-refractivity contribution in [3.05, 3.63) is 21.5 Å². The molecule has 1 N–H and O–H groups in total. The first-order valence-corrected chi connectivity index (χ1v) is 8.41. The highest BCUT2D eigenvalue weighted by Gasteiger charge is 2.26. The second-order valence-electron chi connectivity index (χ2n) is 6.64. The zero-order valence-corrected chi connectivity index (χ0v) is 14.6. The molecule has 1 aliphatic carbocycles. The van der Waals surface area contributed by atoms with Crippen LogP contribution in [-0.4, -0.2) is 50.3 Å². The molecule has 0 radical (unpaired) electrons. The number of aryl methyl sites for hydroxylation is 2. The van der Waals surface area contributed by atoms with Crippen molar-refractivity contribution in [2.24, 2.45) is 5.92 Å². The van der Waals surface area contributed by atoms with E-state index in [0.717, 1.165) is 25.7 Å². The van der Waals surface area contributed by atoms with Crippen LogP contribution in [0.2, 0.25) is 0 Å². The van der Waals surface area contributed by atoms with Crippen LogP contribution < -0.4 is 0 Å². The minimum absolute atomic E-state index is 0.0149. The van der Waals surface area contributed by atoms with Gasteiger partial charge >= 0.3 is 5.69 Å². The number of nitro groups is 1. The van der Waals surface area contributed by atoms with Gasteiger partial charge in [0.2, 0.25) is 5.91 Å². The molecule has 0 aromatic carbocycles. The molecular weight excluding hydrogens is 312 g/mol. The van der Waals surface area contributed by atoms with E-state index in [2.05, 4.69) is 5.10 Å². The minimum atomic E-state index is -0.438. The van der Waals surface area contributed by atoms with E-state index in [4.69, 9.17) is 0 Å². The van der Waals surface area contributed by atoms with Crippen molar-refractivity contribution >= 4 is 11.6 Å². The molecule has 0 saturated heterocycles. The lowest BCUT2D eigenvalue weighted by atomic mass is 9.86. The molecular formula is C16H26N4O4. The maximum absolute atomic E-state index is 12.3. The van der Waals surface area contributed by atoms with Crippen LogP contribution in [0.5, 0.6) is 0 Å². The largest absolute Gasteiger partial charge is 0.393 e. The monoisotopic (exact) mass is 338 g/mol. The molecule has 0 aliphatic heterocycles. The molecule has 1 aromatic heterocycles. The Labute approximate surface area is 141 Å². The molecule has 2 atom stereocenters. The van der Waals surface area contributed by atoms with Gasteiger partial charge in [0.05, 0.1) is 17.6 Å². The van der Waals surface area contributed by atoms with Crippen LogP contribution in [-0.2, 0) is 11.3 Å². The first-order chi connectivity index (χ1) is 11.3. The molecule has 24 heavy (non-hydrogen) atoms. The van der Waals surface area contributed by atoms with E-state index in [-0.39, 0.29) is 30.0 Å². The second kappa shape index (κ2) is 7.74. The second-order valence-corrected chi connectivity index (χ2v) is 6.64. The number of rotatable bonds is 6. The molecule has 1 heterocycles. The number of aliphatic hydroxyl groups is 1. The Morgan fingerprint density at radius 1 is 1.42 bits per heavy atom. The quantitative estimate of drug-likeness (QED) is 0.629. The summed E-state index contributed by atoms with van der Waals surface area (Å²) in [6, 6.07) is 0. The van der Waals surface area contributed by atoms with E-state index < -0.39 is 4.92 Å². The van der Waals surface area contributed by atoms with Gasteiger partial charge in [0, 0.05) is 25.9 Å². The summed E-state index contributed by atoms with van der Waals surface area (Å²) in [6.07, 6.45) is 3.81. The highest BCUT2D eigenvalue weighted by Crippen LogP contribution is 2.25. The maximum atomic E-state index is 12.3. The Balaban J connectivity index is 1.90. The third-order valence-corrected chi connectivity index (χ3v) is 4.87. The van der Waals surface area contributed by atoms with Gasteiger partial charge in [0.1, 0.15) is 11.4 Å². The molecule has 2 unspecified atom stereocenters. The summed E-state index contributed by atoms with van der Waals surface area (Å²) in [7, 11) is 1.74. The first kappa shape index (κ1) is 18.4. The van der Waals surface area contributed by atoms with Crippen molar-refractivity contribution < 1.29 is 14.8 Å². The molecule has 8 heteroatoms. The van der Waals surface area contributed by atoms with E-state index in [0.29, 0.717) is 24.5 Å². The number of amides is 1. The maximum Gasteiger partial charge on any atom is 0.312 e. The van der Waals surface area contributed by atoms with Crippen LogP contribution in [0, 0.1) is 29.9 Å². The SMILES string of the molecule is Cc1nn(CCC(=O)N(C)CC2CCCCC2O)c(C)c1[N+](=O)[O-]. The summed E-state index contributed by atoms with van der Waals surface area (Å²) >= 11 is 0. The summed E-state index contributed by atoms with van der Waals surface area (Å²) in [5.74, 6) is 0.102. The van der Waals surface area contributed by atoms with Gasteiger partial charge in [-0.3, -0.25) is 19.6 Å². The van der Waals surface area contributed by atoms with Crippen LogP contribution in [0.1, 0.15) is 43.5 Å². The third-order valence-electron chi connectivity index (χ3n) is 4.87. The van der Waals surface area contributed by atoms with Crippen molar-refractivity contribution in [1.29, 1.82) is 0 Å². The summed E-state index contributed by atoms with van der Waals surface area (Å²) in [4.78, 5) is 24.5. The Hall–Kier alpha value is -1.96. The molecule has 1 aromatic rings. The average Bonchev–Trinajstić information content (AvgIpc) is 2.81. The van der Waals surface area contributed by atoms with Crippen LogP contribution in [0.15, 0.2) is 0 Å². The fourth-order valence-electron chi connectivity index (χ4n) is 3.42. The van der Waals surface area contributed by atoms with Crippen molar-refractivity contribution in [2.45, 2.75) is 58.6 Å². The summed E-state index contributed by atoms with van der Waals surface area (Å²) in [5, 5.41) is 25.2. The number of nitrogens with zero attached hydrogens (tertiary/aromatic N) is 4. The fraction of sp³-hybridized carbons (Fsp3) is 0.750. The van der Waals surface area contributed by atoms with E-state index >= 15 is 0 Å². The van der Waals surface area contributed by atoms with Gasteiger partial charge in [0.25, 0.3) is 0 Å². The van der Waals surface area contributed by atoms with E-state index in [9.17, 15) is 20.0 Å². The van der Waals surface area contributed by atoms with Crippen molar-refractivity contribution in [3.8, 4) is 0 Å². The van der Waals surface area contributed by atoms with E-state index in [1.165, 1.54) is 4.68 Å². The van der Waals surface area contributed by atoms with Gasteiger partial charge in [-0.25, -0.2) is 0 Å². The van der Waals surface area contributed by atoms with Crippen molar-refractivity contribution in [3.63, 3.8) is 0 Å². The topological polar surface area (TPSA) is 102 Å². The Morgan fingerprint density at radius 2 is 2.08 bits per heavy atom. The molecule has 1 fully saturated rings. The fourth-order valence-corrected chi connectivity index (χ4v) is 3.42. The molecule has 1 aliphatic rings. The van der Waals surface area contributed by atoms with Crippen molar-refractivity contribution in [2.75, 3.05) is 13.6 Å².